The van der Waals surface area contributed by atoms with Gasteiger partial charge in [-0.3, -0.25) is 9.59 Å². The molecule has 0 saturated carbocycles. The zero-order valence-corrected chi connectivity index (χ0v) is 20.1. The average molecular weight is 486 g/mol. The van der Waals surface area contributed by atoms with E-state index in [1.54, 1.807) is 54.6 Å². The van der Waals surface area contributed by atoms with Crippen molar-refractivity contribution in [1.29, 1.82) is 0 Å². The van der Waals surface area contributed by atoms with Gasteiger partial charge in [-0.15, -0.1) is 0 Å². The number of ether oxygens (including phenoxy) is 1. The molecule has 1 saturated heterocycles. The van der Waals surface area contributed by atoms with Gasteiger partial charge in [0.05, 0.1) is 23.8 Å². The average Bonchev–Trinajstić information content (AvgIpc) is 3.13. The summed E-state index contributed by atoms with van der Waals surface area (Å²) in [6.07, 6.45) is 0.862. The van der Waals surface area contributed by atoms with Crippen molar-refractivity contribution in [3.63, 3.8) is 0 Å². The summed E-state index contributed by atoms with van der Waals surface area (Å²) in [5.74, 6) is -2.11. The van der Waals surface area contributed by atoms with Crippen LogP contribution in [0.4, 0.5) is 0 Å². The number of nitrogens with zero attached hydrogens (tertiary/aromatic N) is 1. The fourth-order valence-electron chi connectivity index (χ4n) is 4.30. The van der Waals surface area contributed by atoms with E-state index in [0.717, 1.165) is 12.0 Å². The number of hydrogen-bond acceptors (Lipinski definition) is 5. The van der Waals surface area contributed by atoms with Gasteiger partial charge in [-0.1, -0.05) is 49.4 Å². The SMILES string of the molecule is CCCOc1ccc(/C(O)=C2/C(=O)C(=O)N(Cc3ccc(C(=O)O)cc3)C2c2ccccc2)cc1C. The van der Waals surface area contributed by atoms with E-state index in [1.807, 2.05) is 19.9 Å². The predicted octanol–water partition coefficient (Wildman–Crippen LogP) is 5.10. The number of carboxylic acids is 1. The first-order chi connectivity index (χ1) is 17.3. The van der Waals surface area contributed by atoms with E-state index in [2.05, 4.69) is 0 Å². The fourth-order valence-corrected chi connectivity index (χ4v) is 4.30. The van der Waals surface area contributed by atoms with Gasteiger partial charge >= 0.3 is 5.97 Å². The summed E-state index contributed by atoms with van der Waals surface area (Å²) < 4.78 is 5.72. The third-order valence-electron chi connectivity index (χ3n) is 6.12. The van der Waals surface area contributed by atoms with Crippen LogP contribution in [-0.2, 0) is 16.1 Å². The second-order valence-electron chi connectivity index (χ2n) is 8.67. The molecule has 0 bridgehead atoms. The summed E-state index contributed by atoms with van der Waals surface area (Å²) in [6, 6.07) is 19.5. The van der Waals surface area contributed by atoms with Gasteiger partial charge < -0.3 is 19.8 Å². The van der Waals surface area contributed by atoms with E-state index >= 15 is 0 Å². The molecule has 1 aliphatic heterocycles. The number of aromatic carboxylic acids is 1. The molecule has 1 aliphatic rings. The number of benzene rings is 3. The van der Waals surface area contributed by atoms with Gasteiger partial charge in [-0.2, -0.15) is 0 Å². The number of carbonyl (C=O) groups is 3. The van der Waals surface area contributed by atoms with Gasteiger partial charge in [-0.25, -0.2) is 4.79 Å². The highest BCUT2D eigenvalue weighted by Crippen LogP contribution is 2.40. The maximum absolute atomic E-state index is 13.2. The van der Waals surface area contributed by atoms with Gasteiger partial charge in [0.1, 0.15) is 11.5 Å². The molecule has 0 radical (unpaired) electrons. The highest BCUT2D eigenvalue weighted by molar-refractivity contribution is 6.46. The minimum absolute atomic E-state index is 0.00924. The predicted molar refractivity (Wildman–Crippen MR) is 135 cm³/mol. The van der Waals surface area contributed by atoms with Crippen LogP contribution in [0.5, 0.6) is 5.75 Å². The molecular weight excluding hydrogens is 458 g/mol. The van der Waals surface area contributed by atoms with Crippen molar-refractivity contribution in [2.75, 3.05) is 6.61 Å². The van der Waals surface area contributed by atoms with Crippen LogP contribution in [0.3, 0.4) is 0 Å². The normalized spacial score (nSPS) is 16.8. The van der Waals surface area contributed by atoms with Crippen molar-refractivity contribution in [3.05, 3.63) is 106 Å². The Labute approximate surface area is 209 Å². The van der Waals surface area contributed by atoms with E-state index < -0.39 is 23.7 Å². The number of rotatable bonds is 8. The van der Waals surface area contributed by atoms with Crippen LogP contribution in [0.25, 0.3) is 5.76 Å². The Morgan fingerprint density at radius 2 is 1.61 bits per heavy atom. The number of aliphatic hydroxyl groups is 1. The van der Waals surface area contributed by atoms with Crippen LogP contribution in [0.2, 0.25) is 0 Å². The van der Waals surface area contributed by atoms with Crippen LogP contribution >= 0.6 is 0 Å². The number of carbonyl (C=O) groups excluding carboxylic acids is 2. The first-order valence-corrected chi connectivity index (χ1v) is 11.7. The summed E-state index contributed by atoms with van der Waals surface area (Å²) >= 11 is 0. The first-order valence-electron chi connectivity index (χ1n) is 11.7. The molecule has 0 aromatic heterocycles. The lowest BCUT2D eigenvalue weighted by atomic mass is 9.94. The summed E-state index contributed by atoms with van der Waals surface area (Å²) in [4.78, 5) is 39.0. The topological polar surface area (TPSA) is 104 Å². The first kappa shape index (κ1) is 24.7. The Balaban J connectivity index is 1.77. The summed E-state index contributed by atoms with van der Waals surface area (Å²) in [6.45, 7) is 4.51. The van der Waals surface area contributed by atoms with Gasteiger partial charge in [0, 0.05) is 12.1 Å². The number of ketones is 1. The Bertz CT molecular complexity index is 1330. The molecule has 1 unspecified atom stereocenters. The van der Waals surface area contributed by atoms with Crippen LogP contribution in [0, 0.1) is 6.92 Å². The van der Waals surface area contributed by atoms with Crippen LogP contribution in [0.15, 0.2) is 78.4 Å². The number of hydrogen-bond donors (Lipinski definition) is 2. The summed E-state index contributed by atoms with van der Waals surface area (Å²) in [5.41, 5.74) is 2.70. The Morgan fingerprint density at radius 1 is 0.944 bits per heavy atom. The lowest BCUT2D eigenvalue weighted by molar-refractivity contribution is -0.140. The Morgan fingerprint density at radius 3 is 2.22 bits per heavy atom. The van der Waals surface area contributed by atoms with Crippen LogP contribution in [-0.4, -0.2) is 39.4 Å². The number of aliphatic hydroxyl groups excluding tert-OH is 1. The molecule has 4 rings (SSSR count). The molecular formula is C29H27NO6. The third kappa shape index (κ3) is 4.86. The minimum Gasteiger partial charge on any atom is -0.507 e. The number of carboxylic acid groups (broad SMARTS) is 1. The van der Waals surface area contributed by atoms with Crippen molar-refractivity contribution < 1.29 is 29.3 Å². The highest BCUT2D eigenvalue weighted by Gasteiger charge is 2.46. The quantitative estimate of drug-likeness (QED) is 0.261. The largest absolute Gasteiger partial charge is 0.507 e. The molecule has 1 amide bonds. The van der Waals surface area contributed by atoms with E-state index in [1.165, 1.54) is 17.0 Å². The minimum atomic E-state index is -1.05. The molecule has 2 N–H and O–H groups in total. The van der Waals surface area contributed by atoms with Crippen molar-refractivity contribution in [2.45, 2.75) is 32.9 Å². The standard InChI is InChI=1S/C29H27NO6/c1-3-15-36-23-14-13-22(16-18(23)2)26(31)24-25(20-7-5-4-6-8-20)30(28(33)27(24)32)17-19-9-11-21(12-10-19)29(34)35/h4-14,16,25,31H,3,15,17H2,1-2H3,(H,34,35)/b26-24-. The van der Waals surface area contributed by atoms with Gasteiger partial charge in [0.15, 0.2) is 0 Å². The second-order valence-corrected chi connectivity index (χ2v) is 8.67. The van der Waals surface area contributed by atoms with E-state index in [-0.39, 0.29) is 23.4 Å². The lowest BCUT2D eigenvalue weighted by Crippen LogP contribution is -2.29. The van der Waals surface area contributed by atoms with E-state index in [4.69, 9.17) is 9.84 Å². The molecule has 3 aromatic rings. The van der Waals surface area contributed by atoms with Crippen LogP contribution < -0.4 is 4.74 Å². The maximum atomic E-state index is 13.2. The summed E-state index contributed by atoms with van der Waals surface area (Å²) in [5, 5.41) is 20.4. The maximum Gasteiger partial charge on any atom is 0.335 e. The highest BCUT2D eigenvalue weighted by atomic mass is 16.5. The number of likely N-dealkylation sites (tertiary alicyclic amines) is 1. The molecule has 0 spiro atoms. The van der Waals surface area contributed by atoms with Gasteiger partial charge in [-0.05, 0) is 60.4 Å². The van der Waals surface area contributed by atoms with Crippen molar-refractivity contribution in [2.24, 2.45) is 0 Å². The number of amides is 1. The van der Waals surface area contributed by atoms with Gasteiger partial charge in [0.25, 0.3) is 11.7 Å². The third-order valence-corrected chi connectivity index (χ3v) is 6.12. The molecule has 0 aliphatic carbocycles. The van der Waals surface area contributed by atoms with Crippen molar-refractivity contribution >= 4 is 23.4 Å². The zero-order valence-electron chi connectivity index (χ0n) is 20.1. The number of Topliss-reactive ketones (excluding diaryl/α,β-unsaturated/α-hetero) is 1. The van der Waals surface area contributed by atoms with Crippen molar-refractivity contribution in [3.8, 4) is 5.75 Å². The van der Waals surface area contributed by atoms with Gasteiger partial charge in [0.2, 0.25) is 0 Å². The molecule has 7 nitrogen and oxygen atoms in total. The molecule has 7 heteroatoms. The lowest BCUT2D eigenvalue weighted by Gasteiger charge is -2.25. The van der Waals surface area contributed by atoms with Crippen LogP contribution in [0.1, 0.15) is 52.0 Å². The molecule has 1 fully saturated rings. The molecule has 184 valence electrons. The molecule has 3 aromatic carbocycles. The number of aryl methyl sites for hydroxylation is 1. The van der Waals surface area contributed by atoms with E-state index in [9.17, 15) is 19.5 Å². The van der Waals surface area contributed by atoms with Crippen molar-refractivity contribution in [1.82, 2.24) is 4.90 Å². The Kier molecular flexibility index (Phi) is 7.20. The smallest absolute Gasteiger partial charge is 0.335 e. The molecule has 1 heterocycles. The van der Waals surface area contributed by atoms with E-state index in [0.29, 0.717) is 29.0 Å². The Hall–Kier alpha value is -4.39. The summed E-state index contributed by atoms with van der Waals surface area (Å²) in [7, 11) is 0. The fraction of sp³-hybridized carbons (Fsp3) is 0.207. The second kappa shape index (κ2) is 10.5. The zero-order chi connectivity index (χ0) is 25.8. The molecule has 36 heavy (non-hydrogen) atoms. The molecule has 1 atom stereocenters. The monoisotopic (exact) mass is 485 g/mol.